The highest BCUT2D eigenvalue weighted by molar-refractivity contribution is 7.80. The van der Waals surface area contributed by atoms with Gasteiger partial charge in [0, 0.05) is 12.2 Å². The Morgan fingerprint density at radius 3 is 2.94 bits per heavy atom. The Morgan fingerprint density at radius 2 is 2.12 bits per heavy atom. The van der Waals surface area contributed by atoms with Gasteiger partial charge in [0.15, 0.2) is 5.11 Å². The smallest absolute Gasteiger partial charge is 0.170 e. The van der Waals surface area contributed by atoms with E-state index in [0.29, 0.717) is 0 Å². The van der Waals surface area contributed by atoms with Gasteiger partial charge in [-0.05, 0) is 61.2 Å². The van der Waals surface area contributed by atoms with Crippen molar-refractivity contribution in [2.45, 2.75) is 39.0 Å². The molecule has 92 valence electrons. The molecule has 0 amide bonds. The van der Waals surface area contributed by atoms with Crippen molar-refractivity contribution in [1.29, 1.82) is 0 Å². The number of unbranched alkanes of at least 4 members (excludes halogenated alkanes) is 1. The van der Waals surface area contributed by atoms with Crippen LogP contribution in [0.3, 0.4) is 0 Å². The minimum absolute atomic E-state index is 0.733. The highest BCUT2D eigenvalue weighted by atomic mass is 32.1. The van der Waals surface area contributed by atoms with Crippen LogP contribution in [0, 0.1) is 0 Å². The quantitative estimate of drug-likeness (QED) is 0.632. The van der Waals surface area contributed by atoms with Gasteiger partial charge in [-0.2, -0.15) is 0 Å². The van der Waals surface area contributed by atoms with Crippen molar-refractivity contribution in [3.8, 4) is 0 Å². The summed E-state index contributed by atoms with van der Waals surface area (Å²) in [6.07, 6.45) is 6.08. The Bertz CT molecular complexity index is 401. The number of benzene rings is 1. The van der Waals surface area contributed by atoms with Gasteiger partial charge in [-0.1, -0.05) is 19.4 Å². The molecule has 0 heterocycles. The van der Waals surface area contributed by atoms with E-state index in [4.69, 9.17) is 12.2 Å². The number of hydrogen-bond donors (Lipinski definition) is 2. The number of hydrogen-bond acceptors (Lipinski definition) is 1. The van der Waals surface area contributed by atoms with Crippen LogP contribution in [-0.2, 0) is 12.8 Å². The van der Waals surface area contributed by atoms with Gasteiger partial charge in [-0.25, -0.2) is 0 Å². The molecule has 0 aliphatic heterocycles. The van der Waals surface area contributed by atoms with E-state index in [1.54, 1.807) is 0 Å². The standard InChI is InChI=1S/C14H20N2S/c1-2-3-9-15-14(17)16-13-8-7-11-5-4-6-12(11)10-13/h7-8,10H,2-6,9H2,1H3,(H2,15,16,17). The van der Waals surface area contributed by atoms with Gasteiger partial charge in [-0.15, -0.1) is 0 Å². The number of rotatable bonds is 4. The van der Waals surface area contributed by atoms with Crippen LogP contribution in [0.5, 0.6) is 0 Å². The Labute approximate surface area is 109 Å². The third-order valence-electron chi connectivity index (χ3n) is 3.17. The molecular formula is C14H20N2S. The van der Waals surface area contributed by atoms with Gasteiger partial charge in [0.2, 0.25) is 0 Å². The summed E-state index contributed by atoms with van der Waals surface area (Å²) in [5.41, 5.74) is 4.09. The summed E-state index contributed by atoms with van der Waals surface area (Å²) >= 11 is 5.26. The lowest BCUT2D eigenvalue weighted by atomic mass is 10.1. The largest absolute Gasteiger partial charge is 0.362 e. The maximum atomic E-state index is 5.26. The Balaban J connectivity index is 1.88. The van der Waals surface area contributed by atoms with E-state index in [2.05, 4.69) is 35.8 Å². The fourth-order valence-corrected chi connectivity index (χ4v) is 2.42. The molecule has 2 nitrogen and oxygen atoms in total. The van der Waals surface area contributed by atoms with E-state index in [1.165, 1.54) is 36.8 Å². The number of anilines is 1. The van der Waals surface area contributed by atoms with Crippen LogP contribution in [0.4, 0.5) is 5.69 Å². The molecule has 1 aliphatic carbocycles. The summed E-state index contributed by atoms with van der Waals surface area (Å²) < 4.78 is 0. The Kier molecular flexibility index (Phi) is 4.37. The van der Waals surface area contributed by atoms with Gasteiger partial charge < -0.3 is 10.6 Å². The first-order chi connectivity index (χ1) is 8.29. The Hall–Kier alpha value is -1.09. The second kappa shape index (κ2) is 6.01. The average molecular weight is 248 g/mol. The second-order valence-corrected chi connectivity index (χ2v) is 4.98. The van der Waals surface area contributed by atoms with E-state index < -0.39 is 0 Å². The van der Waals surface area contributed by atoms with E-state index in [0.717, 1.165) is 23.8 Å². The third-order valence-corrected chi connectivity index (χ3v) is 3.42. The predicted octanol–water partition coefficient (Wildman–Crippen LogP) is 3.26. The lowest BCUT2D eigenvalue weighted by Gasteiger charge is -2.11. The minimum Gasteiger partial charge on any atom is -0.362 e. The molecule has 17 heavy (non-hydrogen) atoms. The van der Waals surface area contributed by atoms with Crippen LogP contribution in [0.15, 0.2) is 18.2 Å². The van der Waals surface area contributed by atoms with E-state index in [9.17, 15) is 0 Å². The van der Waals surface area contributed by atoms with Crippen molar-refractivity contribution in [3.05, 3.63) is 29.3 Å². The number of fused-ring (bicyclic) bond motifs is 1. The maximum Gasteiger partial charge on any atom is 0.170 e. The highest BCUT2D eigenvalue weighted by Gasteiger charge is 2.10. The van der Waals surface area contributed by atoms with E-state index in [1.807, 2.05) is 0 Å². The number of nitrogens with one attached hydrogen (secondary N) is 2. The van der Waals surface area contributed by atoms with E-state index >= 15 is 0 Å². The monoisotopic (exact) mass is 248 g/mol. The van der Waals surface area contributed by atoms with Gasteiger partial charge >= 0.3 is 0 Å². The lowest BCUT2D eigenvalue weighted by molar-refractivity contribution is 0.758. The molecule has 0 bridgehead atoms. The molecule has 1 aliphatic rings. The normalized spacial score (nSPS) is 13.2. The van der Waals surface area contributed by atoms with Crippen LogP contribution in [0.1, 0.15) is 37.3 Å². The van der Waals surface area contributed by atoms with Gasteiger partial charge in [0.25, 0.3) is 0 Å². The molecule has 0 radical (unpaired) electrons. The average Bonchev–Trinajstić information content (AvgIpc) is 2.76. The molecule has 2 N–H and O–H groups in total. The first-order valence-electron chi connectivity index (χ1n) is 6.46. The SMILES string of the molecule is CCCCNC(=S)Nc1ccc2c(c1)CCC2. The zero-order chi connectivity index (χ0) is 12.1. The summed E-state index contributed by atoms with van der Waals surface area (Å²) in [5.74, 6) is 0. The molecule has 0 saturated heterocycles. The van der Waals surface area contributed by atoms with Crippen LogP contribution in [0.25, 0.3) is 0 Å². The summed E-state index contributed by atoms with van der Waals surface area (Å²) in [6.45, 7) is 3.13. The summed E-state index contributed by atoms with van der Waals surface area (Å²) in [6, 6.07) is 6.58. The third kappa shape index (κ3) is 3.43. The van der Waals surface area contributed by atoms with Crippen LogP contribution in [-0.4, -0.2) is 11.7 Å². The van der Waals surface area contributed by atoms with Crippen LogP contribution >= 0.6 is 12.2 Å². The molecule has 3 heteroatoms. The Morgan fingerprint density at radius 1 is 1.29 bits per heavy atom. The fourth-order valence-electron chi connectivity index (χ4n) is 2.20. The van der Waals surface area contributed by atoms with Crippen LogP contribution in [0.2, 0.25) is 0 Å². The summed E-state index contributed by atoms with van der Waals surface area (Å²) in [5, 5.41) is 7.20. The molecule has 0 aromatic heterocycles. The zero-order valence-electron chi connectivity index (χ0n) is 10.4. The first-order valence-corrected chi connectivity index (χ1v) is 6.87. The molecule has 0 spiro atoms. The van der Waals surface area contributed by atoms with Gasteiger partial charge in [-0.3, -0.25) is 0 Å². The molecule has 0 fully saturated rings. The summed E-state index contributed by atoms with van der Waals surface area (Å²) in [4.78, 5) is 0. The zero-order valence-corrected chi connectivity index (χ0v) is 11.2. The fraction of sp³-hybridized carbons (Fsp3) is 0.500. The van der Waals surface area contributed by atoms with Crippen molar-refractivity contribution >= 4 is 23.0 Å². The molecule has 2 rings (SSSR count). The lowest BCUT2D eigenvalue weighted by Crippen LogP contribution is -2.29. The van der Waals surface area contributed by atoms with Crippen molar-refractivity contribution in [1.82, 2.24) is 5.32 Å². The molecular weight excluding hydrogens is 228 g/mol. The first kappa shape index (κ1) is 12.4. The van der Waals surface area contributed by atoms with Crippen molar-refractivity contribution in [3.63, 3.8) is 0 Å². The van der Waals surface area contributed by atoms with Gasteiger partial charge in [0.05, 0.1) is 0 Å². The maximum absolute atomic E-state index is 5.26. The predicted molar refractivity (Wildman–Crippen MR) is 77.6 cm³/mol. The number of aryl methyl sites for hydroxylation is 2. The second-order valence-electron chi connectivity index (χ2n) is 4.57. The van der Waals surface area contributed by atoms with Crippen LogP contribution < -0.4 is 10.6 Å². The molecule has 1 aromatic rings. The molecule has 0 unspecified atom stereocenters. The van der Waals surface area contributed by atoms with Crippen molar-refractivity contribution < 1.29 is 0 Å². The molecule has 0 saturated carbocycles. The molecule has 1 aromatic carbocycles. The summed E-state index contributed by atoms with van der Waals surface area (Å²) in [7, 11) is 0. The van der Waals surface area contributed by atoms with Gasteiger partial charge in [0.1, 0.15) is 0 Å². The highest BCUT2D eigenvalue weighted by Crippen LogP contribution is 2.24. The van der Waals surface area contributed by atoms with Crippen molar-refractivity contribution in [2.75, 3.05) is 11.9 Å². The topological polar surface area (TPSA) is 24.1 Å². The van der Waals surface area contributed by atoms with E-state index in [-0.39, 0.29) is 0 Å². The number of thiocarbonyl (C=S) groups is 1. The molecule has 0 atom stereocenters. The van der Waals surface area contributed by atoms with Crippen molar-refractivity contribution in [2.24, 2.45) is 0 Å². The minimum atomic E-state index is 0.733.